The number of halogens is 1. The summed E-state index contributed by atoms with van der Waals surface area (Å²) in [5.41, 5.74) is 4.88. The third kappa shape index (κ3) is 4.22. The van der Waals surface area contributed by atoms with Crippen molar-refractivity contribution in [1.29, 1.82) is 0 Å². The topological polar surface area (TPSA) is 34.9 Å². The van der Waals surface area contributed by atoms with Gasteiger partial charge in [-0.3, -0.25) is 4.79 Å². The van der Waals surface area contributed by atoms with Crippen molar-refractivity contribution in [2.45, 2.75) is 6.92 Å². The highest BCUT2D eigenvalue weighted by molar-refractivity contribution is 6.07. The van der Waals surface area contributed by atoms with E-state index in [0.29, 0.717) is 11.3 Å². The Morgan fingerprint density at radius 1 is 0.931 bits per heavy atom. The molecule has 4 aromatic rings. The van der Waals surface area contributed by atoms with Crippen LogP contribution in [0.25, 0.3) is 23.0 Å². The third-order valence-corrected chi connectivity index (χ3v) is 4.63. The minimum atomic E-state index is -0.303. The second-order valence-electron chi connectivity index (χ2n) is 6.78. The van der Waals surface area contributed by atoms with Crippen molar-refractivity contribution in [3.8, 4) is 16.9 Å². The molecule has 0 N–H and O–H groups in total. The quantitative estimate of drug-likeness (QED) is 0.319. The van der Waals surface area contributed by atoms with Gasteiger partial charge < -0.3 is 0 Å². The first kappa shape index (κ1) is 18.6. The number of hydrogen-bond donors (Lipinski definition) is 0. The predicted octanol–water partition coefficient (Wildman–Crippen LogP) is 5.88. The summed E-state index contributed by atoms with van der Waals surface area (Å²) in [6, 6.07) is 23.4. The maximum Gasteiger partial charge on any atom is 0.185 e. The van der Waals surface area contributed by atoms with Crippen molar-refractivity contribution in [3.05, 3.63) is 114 Å². The fourth-order valence-corrected chi connectivity index (χ4v) is 3.03. The Balaban J connectivity index is 1.72. The van der Waals surface area contributed by atoms with Crippen LogP contribution in [0.2, 0.25) is 0 Å². The zero-order valence-electron chi connectivity index (χ0n) is 15.9. The molecule has 0 spiro atoms. The van der Waals surface area contributed by atoms with Crippen LogP contribution in [0.1, 0.15) is 21.5 Å². The van der Waals surface area contributed by atoms with Gasteiger partial charge in [0, 0.05) is 22.9 Å². The first-order valence-corrected chi connectivity index (χ1v) is 9.30. The van der Waals surface area contributed by atoms with Crippen molar-refractivity contribution >= 4 is 11.9 Å². The maximum absolute atomic E-state index is 13.4. The van der Waals surface area contributed by atoms with Gasteiger partial charge >= 0.3 is 0 Å². The van der Waals surface area contributed by atoms with Crippen LogP contribution in [-0.2, 0) is 0 Å². The van der Waals surface area contributed by atoms with Gasteiger partial charge in [-0.25, -0.2) is 9.07 Å². The number of rotatable bonds is 5. The lowest BCUT2D eigenvalue weighted by Crippen LogP contribution is -1.94. The molecule has 4 heteroatoms. The molecule has 0 atom stereocenters. The lowest BCUT2D eigenvalue weighted by Gasteiger charge is -2.00. The molecule has 1 heterocycles. The number of hydrogen-bond acceptors (Lipinski definition) is 2. The maximum atomic E-state index is 13.4. The first-order chi connectivity index (χ1) is 14.1. The Kier molecular flexibility index (Phi) is 5.16. The van der Waals surface area contributed by atoms with E-state index in [9.17, 15) is 9.18 Å². The largest absolute Gasteiger partial charge is 0.289 e. The Bertz CT molecular complexity index is 1160. The van der Waals surface area contributed by atoms with Crippen LogP contribution in [0.3, 0.4) is 0 Å². The summed E-state index contributed by atoms with van der Waals surface area (Å²) >= 11 is 0. The molecule has 1 aromatic heterocycles. The third-order valence-electron chi connectivity index (χ3n) is 4.63. The molecule has 0 saturated carbocycles. The zero-order chi connectivity index (χ0) is 20.2. The van der Waals surface area contributed by atoms with Crippen molar-refractivity contribution in [3.63, 3.8) is 0 Å². The predicted molar refractivity (Wildman–Crippen MR) is 114 cm³/mol. The highest BCUT2D eigenvalue weighted by Gasteiger charge is 2.11. The van der Waals surface area contributed by atoms with Crippen molar-refractivity contribution in [2.24, 2.45) is 0 Å². The molecule has 3 nitrogen and oxygen atoms in total. The van der Waals surface area contributed by atoms with Gasteiger partial charge in [0.1, 0.15) is 5.82 Å². The van der Waals surface area contributed by atoms with E-state index in [2.05, 4.69) is 5.10 Å². The minimum absolute atomic E-state index is 0.0810. The van der Waals surface area contributed by atoms with Crippen LogP contribution in [0, 0.1) is 12.7 Å². The smallest absolute Gasteiger partial charge is 0.185 e. The Morgan fingerprint density at radius 2 is 1.62 bits per heavy atom. The zero-order valence-corrected chi connectivity index (χ0v) is 15.9. The molecule has 0 radical (unpaired) electrons. The summed E-state index contributed by atoms with van der Waals surface area (Å²) in [6.07, 6.45) is 5.17. The van der Waals surface area contributed by atoms with Gasteiger partial charge in [-0.1, -0.05) is 48.0 Å². The summed E-state index contributed by atoms with van der Waals surface area (Å²) in [5.74, 6) is -0.384. The van der Waals surface area contributed by atoms with E-state index in [1.54, 1.807) is 29.0 Å². The number of nitrogens with zero attached hydrogens (tertiary/aromatic N) is 2. The van der Waals surface area contributed by atoms with Crippen LogP contribution in [0.15, 0.2) is 91.1 Å². The van der Waals surface area contributed by atoms with Gasteiger partial charge in [0.2, 0.25) is 0 Å². The molecule has 0 fully saturated rings. The first-order valence-electron chi connectivity index (χ1n) is 9.30. The summed E-state index contributed by atoms with van der Waals surface area (Å²) < 4.78 is 15.1. The lowest BCUT2D eigenvalue weighted by molar-refractivity contribution is 0.104. The van der Waals surface area contributed by atoms with E-state index in [1.165, 1.54) is 12.1 Å². The molecule has 0 aliphatic heterocycles. The molecule has 3 aromatic carbocycles. The molecule has 4 rings (SSSR count). The molecule has 0 saturated heterocycles. The van der Waals surface area contributed by atoms with Crippen LogP contribution in [-0.4, -0.2) is 15.6 Å². The van der Waals surface area contributed by atoms with Gasteiger partial charge in [0.05, 0.1) is 11.4 Å². The number of carbonyl (C=O) groups excluding carboxylic acids is 1. The average molecular weight is 382 g/mol. The molecule has 0 amide bonds. The summed E-state index contributed by atoms with van der Waals surface area (Å²) in [5, 5.41) is 4.67. The van der Waals surface area contributed by atoms with Crippen LogP contribution in [0.4, 0.5) is 4.39 Å². The van der Waals surface area contributed by atoms with E-state index in [1.807, 2.05) is 67.7 Å². The highest BCUT2D eigenvalue weighted by atomic mass is 19.1. The van der Waals surface area contributed by atoms with E-state index in [4.69, 9.17) is 0 Å². The van der Waals surface area contributed by atoms with Gasteiger partial charge in [-0.15, -0.1) is 0 Å². The van der Waals surface area contributed by atoms with Crippen LogP contribution in [0.5, 0.6) is 0 Å². The van der Waals surface area contributed by atoms with Gasteiger partial charge in [0.15, 0.2) is 5.78 Å². The Hall–Kier alpha value is -3.79. The van der Waals surface area contributed by atoms with E-state index < -0.39 is 0 Å². The normalized spacial score (nSPS) is 11.1. The van der Waals surface area contributed by atoms with Gasteiger partial charge in [0.25, 0.3) is 0 Å². The number of para-hydroxylation sites is 1. The second kappa shape index (κ2) is 8.07. The molecule has 0 aliphatic rings. The standard InChI is InChI=1S/C25H19FN2O/c1-18-7-9-19(10-8-18)24(29)16-13-21-17-28(23-5-3-2-4-6-23)27-25(21)20-11-14-22(26)15-12-20/h2-17H,1H3/b16-13-. The van der Waals surface area contributed by atoms with Gasteiger partial charge in [-0.05, 0) is 55.5 Å². The van der Waals surface area contributed by atoms with Crippen molar-refractivity contribution < 1.29 is 9.18 Å². The number of carbonyl (C=O) groups is 1. The lowest BCUT2D eigenvalue weighted by atomic mass is 10.1. The van der Waals surface area contributed by atoms with Crippen molar-refractivity contribution in [1.82, 2.24) is 9.78 Å². The van der Waals surface area contributed by atoms with E-state index in [-0.39, 0.29) is 11.6 Å². The van der Waals surface area contributed by atoms with E-state index in [0.717, 1.165) is 22.4 Å². The second-order valence-corrected chi connectivity index (χ2v) is 6.78. The number of benzene rings is 3. The fourth-order valence-electron chi connectivity index (χ4n) is 3.03. The molecule has 0 unspecified atom stereocenters. The number of ketones is 1. The number of aryl methyl sites for hydroxylation is 1. The monoisotopic (exact) mass is 382 g/mol. The number of allylic oxidation sites excluding steroid dienone is 1. The molecule has 0 aliphatic carbocycles. The molecular formula is C25H19FN2O. The van der Waals surface area contributed by atoms with Gasteiger partial charge in [-0.2, -0.15) is 5.10 Å². The SMILES string of the molecule is Cc1ccc(C(=O)/C=C\c2cn(-c3ccccc3)nc2-c2ccc(F)cc2)cc1. The molecule has 29 heavy (non-hydrogen) atoms. The summed E-state index contributed by atoms with van der Waals surface area (Å²) in [7, 11) is 0. The molecule has 142 valence electrons. The Morgan fingerprint density at radius 3 is 2.31 bits per heavy atom. The molecule has 0 bridgehead atoms. The minimum Gasteiger partial charge on any atom is -0.289 e. The number of aromatic nitrogens is 2. The summed E-state index contributed by atoms with van der Waals surface area (Å²) in [4.78, 5) is 12.5. The Labute approximate surface area is 168 Å². The van der Waals surface area contributed by atoms with Crippen LogP contribution < -0.4 is 0 Å². The molecular weight excluding hydrogens is 363 g/mol. The van der Waals surface area contributed by atoms with E-state index >= 15 is 0 Å². The van der Waals surface area contributed by atoms with Crippen LogP contribution >= 0.6 is 0 Å². The summed E-state index contributed by atoms with van der Waals surface area (Å²) in [6.45, 7) is 1.98. The fraction of sp³-hybridized carbons (Fsp3) is 0.0400. The highest BCUT2D eigenvalue weighted by Crippen LogP contribution is 2.25. The average Bonchev–Trinajstić information content (AvgIpc) is 3.18. The van der Waals surface area contributed by atoms with Crippen molar-refractivity contribution in [2.75, 3.05) is 0 Å².